The first-order valence-electron chi connectivity index (χ1n) is 17.2. The number of nitrogens with zero attached hydrogens (tertiary/aromatic N) is 2. The number of amides is 3. The highest BCUT2D eigenvalue weighted by atomic mass is 79.9. The highest BCUT2D eigenvalue weighted by Gasteiger charge is 2.77. The molecule has 0 aromatic heterocycles. The largest absolute Gasteiger partial charge is 0.455 e. The van der Waals surface area contributed by atoms with Gasteiger partial charge in [-0.25, -0.2) is 0 Å². The molecule has 9 atom stereocenters. The molecule has 3 aliphatic heterocycles. The Kier molecular flexibility index (Phi) is 13.3. The zero-order valence-corrected chi connectivity index (χ0v) is 30.8. The maximum absolute atomic E-state index is 14.7. The lowest BCUT2D eigenvalue weighted by Gasteiger charge is -2.40. The second kappa shape index (κ2) is 16.8. The molecule has 49 heavy (non-hydrogen) atoms. The minimum Gasteiger partial charge on any atom is -0.455 e. The summed E-state index contributed by atoms with van der Waals surface area (Å²) < 4.78 is 18.5. The van der Waals surface area contributed by atoms with E-state index in [4.69, 9.17) is 14.2 Å². The van der Waals surface area contributed by atoms with Crippen molar-refractivity contribution in [3.05, 3.63) is 61.2 Å². The van der Waals surface area contributed by atoms with Crippen LogP contribution in [-0.4, -0.2) is 106 Å². The van der Waals surface area contributed by atoms with Gasteiger partial charge >= 0.3 is 5.97 Å². The highest BCUT2D eigenvalue weighted by Crippen LogP contribution is 2.61. The number of hydrogen-bond acceptors (Lipinski definition) is 8. The summed E-state index contributed by atoms with van der Waals surface area (Å²) in [5.41, 5.74) is -0.694. The van der Waals surface area contributed by atoms with Gasteiger partial charge in [0.25, 0.3) is 0 Å². The molecular weight excluding hydrogens is 694 g/mol. The lowest BCUT2D eigenvalue weighted by Crippen LogP contribution is -2.60. The molecule has 3 amide bonds. The zero-order chi connectivity index (χ0) is 36.0. The van der Waals surface area contributed by atoms with E-state index in [0.29, 0.717) is 24.8 Å². The zero-order valence-electron chi connectivity index (χ0n) is 29.3. The topological polar surface area (TPSA) is 135 Å². The number of halogens is 1. The number of rotatable bonds is 18. The van der Waals surface area contributed by atoms with Crippen LogP contribution in [0, 0.1) is 17.8 Å². The maximum atomic E-state index is 14.7. The number of fused-ring (bicyclic) bond motifs is 1. The second-order valence-corrected chi connectivity index (χ2v) is 15.1. The third-order valence-electron chi connectivity index (χ3n) is 9.82. The van der Waals surface area contributed by atoms with Crippen LogP contribution in [0.25, 0.3) is 0 Å². The Morgan fingerprint density at radius 3 is 2.45 bits per heavy atom. The van der Waals surface area contributed by atoms with Gasteiger partial charge in [0.1, 0.15) is 17.7 Å². The number of carbonyl (C=O) groups excluding carboxylic acids is 4. The van der Waals surface area contributed by atoms with Crippen LogP contribution < -0.4 is 5.32 Å². The molecule has 2 N–H and O–H groups in total. The molecule has 270 valence electrons. The normalized spacial score (nSPS) is 27.5. The number of nitrogens with one attached hydrogen (secondary N) is 1. The molecule has 11 nitrogen and oxygen atoms in total. The lowest BCUT2D eigenvalue weighted by molar-refractivity contribution is -0.163. The van der Waals surface area contributed by atoms with Crippen molar-refractivity contribution in [3.8, 4) is 0 Å². The Morgan fingerprint density at radius 2 is 1.88 bits per heavy atom. The quantitative estimate of drug-likeness (QED) is 0.131. The number of alkyl halides is 1. The SMILES string of the molecule is C=CCCC(=O)N[C@@H](COC)[C@@H](OC(=O)[C@H]1[C@@H]2O[C@@]3(CC2Br)[C@@H]1C(=O)N([C@@H](CO)CC(C)C)[C@@H]3C(=O)N(CC=C)C(C)C)c1ccccc1. The minimum atomic E-state index is -1.33. The summed E-state index contributed by atoms with van der Waals surface area (Å²) in [6.07, 6.45) is 3.05. The predicted octanol–water partition coefficient (Wildman–Crippen LogP) is 3.95. The van der Waals surface area contributed by atoms with E-state index in [0.717, 1.165) is 0 Å². The molecule has 3 heterocycles. The first-order chi connectivity index (χ1) is 23.4. The molecule has 3 saturated heterocycles. The number of carbonyl (C=O) groups is 4. The first-order valence-corrected chi connectivity index (χ1v) is 18.1. The molecule has 0 radical (unpaired) electrons. The molecule has 1 aromatic carbocycles. The second-order valence-electron chi connectivity index (χ2n) is 14.0. The Labute approximate surface area is 298 Å². The highest BCUT2D eigenvalue weighted by molar-refractivity contribution is 9.09. The fourth-order valence-corrected chi connectivity index (χ4v) is 8.75. The van der Waals surface area contributed by atoms with Gasteiger partial charge in [0, 0.05) is 30.9 Å². The number of esters is 1. The number of benzene rings is 1. The number of hydrogen-bond donors (Lipinski definition) is 2. The summed E-state index contributed by atoms with van der Waals surface area (Å²) in [7, 11) is 1.50. The predicted molar refractivity (Wildman–Crippen MR) is 188 cm³/mol. The van der Waals surface area contributed by atoms with Crippen molar-refractivity contribution in [2.24, 2.45) is 17.8 Å². The van der Waals surface area contributed by atoms with Crippen molar-refractivity contribution in [2.75, 3.05) is 26.9 Å². The van der Waals surface area contributed by atoms with Gasteiger partial charge in [0.15, 0.2) is 0 Å². The van der Waals surface area contributed by atoms with Crippen molar-refractivity contribution in [1.82, 2.24) is 15.1 Å². The van der Waals surface area contributed by atoms with Gasteiger partial charge in [0.2, 0.25) is 17.7 Å². The number of allylic oxidation sites excluding steroid dienone is 1. The summed E-state index contributed by atoms with van der Waals surface area (Å²) in [6.45, 7) is 15.3. The van der Waals surface area contributed by atoms with Gasteiger partial charge < -0.3 is 34.4 Å². The Bertz CT molecular complexity index is 1360. The molecule has 3 fully saturated rings. The van der Waals surface area contributed by atoms with E-state index < -0.39 is 59.6 Å². The summed E-state index contributed by atoms with van der Waals surface area (Å²) >= 11 is 3.73. The third-order valence-corrected chi connectivity index (χ3v) is 10.7. The van der Waals surface area contributed by atoms with E-state index >= 15 is 0 Å². The van der Waals surface area contributed by atoms with Gasteiger partial charge in [-0.2, -0.15) is 0 Å². The van der Waals surface area contributed by atoms with Crippen LogP contribution in [-0.2, 0) is 33.4 Å². The van der Waals surface area contributed by atoms with Crippen LogP contribution >= 0.6 is 15.9 Å². The number of ether oxygens (including phenoxy) is 3. The Hall–Kier alpha value is -3.06. The molecule has 2 bridgehead atoms. The summed E-state index contributed by atoms with van der Waals surface area (Å²) in [4.78, 5) is 59.5. The molecule has 12 heteroatoms. The van der Waals surface area contributed by atoms with Gasteiger partial charge in [0.05, 0.1) is 43.2 Å². The summed E-state index contributed by atoms with van der Waals surface area (Å²) in [5.74, 6) is -3.61. The van der Waals surface area contributed by atoms with Crippen LogP contribution in [0.5, 0.6) is 0 Å². The fourth-order valence-electron chi connectivity index (χ4n) is 7.81. The van der Waals surface area contributed by atoms with Crippen molar-refractivity contribution in [3.63, 3.8) is 0 Å². The molecular formula is C37H52BrN3O8. The molecule has 0 aliphatic carbocycles. The molecule has 0 saturated carbocycles. The molecule has 1 aromatic rings. The van der Waals surface area contributed by atoms with E-state index in [1.54, 1.807) is 29.2 Å². The average molecular weight is 747 g/mol. The van der Waals surface area contributed by atoms with E-state index in [1.165, 1.54) is 12.0 Å². The molecule has 3 aliphatic rings. The van der Waals surface area contributed by atoms with Crippen molar-refractivity contribution >= 4 is 39.6 Å². The van der Waals surface area contributed by atoms with E-state index in [1.807, 2.05) is 45.9 Å². The van der Waals surface area contributed by atoms with Gasteiger partial charge in [-0.05, 0) is 44.6 Å². The number of aliphatic hydroxyl groups is 1. The van der Waals surface area contributed by atoms with E-state index in [9.17, 15) is 24.3 Å². The smallest absolute Gasteiger partial charge is 0.313 e. The van der Waals surface area contributed by atoms with Crippen molar-refractivity contribution in [2.45, 2.75) is 100 Å². The molecule has 1 unspecified atom stereocenters. The lowest BCUT2D eigenvalue weighted by atomic mass is 9.70. The summed E-state index contributed by atoms with van der Waals surface area (Å²) in [6, 6.07) is 6.38. The van der Waals surface area contributed by atoms with Crippen LogP contribution in [0.3, 0.4) is 0 Å². The number of likely N-dealkylation sites (tertiary alicyclic amines) is 1. The van der Waals surface area contributed by atoms with Crippen molar-refractivity contribution in [1.29, 1.82) is 0 Å². The molecule has 1 spiro atoms. The van der Waals surface area contributed by atoms with Gasteiger partial charge in [-0.15, -0.1) is 13.2 Å². The average Bonchev–Trinajstić information content (AvgIpc) is 3.66. The first kappa shape index (κ1) is 38.7. The molecule has 4 rings (SSSR count). The van der Waals surface area contributed by atoms with Gasteiger partial charge in [-0.3, -0.25) is 19.2 Å². The standard InChI is InChI=1S/C37H52BrN3O8/c1-8-10-16-28(43)39-27(21-47-7)31(24-14-12-11-13-15-24)48-36(46)29-30-34(44)41(25(20-42)18-22(3)4)33(35(45)40(17-9-2)23(5)6)37(30)19-26(38)32(29)49-37/h8-9,11-15,22-23,25-27,29-33,42H,1-2,10,16-21H2,3-7H3,(H,39,43)/t25-,26?,27+,29-,30+,31+,32-,33-,37+/m1/s1. The number of aliphatic hydroxyl groups excluding tert-OH is 1. The van der Waals surface area contributed by atoms with Crippen LogP contribution in [0.4, 0.5) is 0 Å². The van der Waals surface area contributed by atoms with Crippen molar-refractivity contribution < 1.29 is 38.5 Å². The van der Waals surface area contributed by atoms with E-state index in [2.05, 4.69) is 34.4 Å². The maximum Gasteiger partial charge on any atom is 0.313 e. The Morgan fingerprint density at radius 1 is 1.18 bits per heavy atom. The van der Waals surface area contributed by atoms with E-state index in [-0.39, 0.29) is 54.8 Å². The van der Waals surface area contributed by atoms with Crippen LogP contribution in [0.15, 0.2) is 55.6 Å². The number of methoxy groups -OCH3 is 1. The van der Waals surface area contributed by atoms with Crippen LogP contribution in [0.2, 0.25) is 0 Å². The minimum absolute atomic E-state index is 0.0523. The van der Waals surface area contributed by atoms with Crippen LogP contribution in [0.1, 0.15) is 65.0 Å². The third kappa shape index (κ3) is 7.82. The monoisotopic (exact) mass is 745 g/mol. The Balaban J connectivity index is 1.77. The summed E-state index contributed by atoms with van der Waals surface area (Å²) in [5, 5.41) is 13.6. The van der Waals surface area contributed by atoms with Gasteiger partial charge in [-0.1, -0.05) is 72.3 Å². The fraction of sp³-hybridized carbons (Fsp3) is 0.622.